The molecule has 0 aliphatic heterocycles. The Kier molecular flexibility index (Phi) is 5.60. The van der Waals surface area contributed by atoms with Crippen LogP contribution in [0.2, 0.25) is 0 Å². The van der Waals surface area contributed by atoms with Crippen LogP contribution in [0.4, 0.5) is 0 Å². The Balaban J connectivity index is 2.26. The summed E-state index contributed by atoms with van der Waals surface area (Å²) in [5.41, 5.74) is 5.48. The molecule has 2 aromatic rings. The topological polar surface area (TPSA) is 47.3 Å². The molecule has 0 aliphatic carbocycles. The normalized spacial score (nSPS) is 12.4. The van der Waals surface area contributed by atoms with Crippen molar-refractivity contribution in [2.75, 3.05) is 7.11 Å². The molecule has 3 nitrogen and oxygen atoms in total. The SMILES string of the molecule is CCc1ccsc1C(Cc1cc(OC)ccc1Br)NN. The molecule has 0 bridgehead atoms. The van der Waals surface area contributed by atoms with Crippen molar-refractivity contribution >= 4 is 27.3 Å². The highest BCUT2D eigenvalue weighted by molar-refractivity contribution is 9.10. The number of rotatable bonds is 6. The van der Waals surface area contributed by atoms with Gasteiger partial charge in [-0.2, -0.15) is 0 Å². The van der Waals surface area contributed by atoms with Crippen LogP contribution in [0.25, 0.3) is 0 Å². The van der Waals surface area contributed by atoms with Crippen molar-refractivity contribution in [1.29, 1.82) is 0 Å². The molecule has 0 saturated carbocycles. The second-order valence-corrected chi connectivity index (χ2v) is 6.35. The smallest absolute Gasteiger partial charge is 0.119 e. The van der Waals surface area contributed by atoms with Gasteiger partial charge in [0.25, 0.3) is 0 Å². The number of methoxy groups -OCH3 is 1. The van der Waals surface area contributed by atoms with E-state index >= 15 is 0 Å². The molecule has 5 heteroatoms. The first kappa shape index (κ1) is 15.5. The van der Waals surface area contributed by atoms with Crippen molar-refractivity contribution in [2.24, 2.45) is 5.84 Å². The Morgan fingerprint density at radius 2 is 2.15 bits per heavy atom. The summed E-state index contributed by atoms with van der Waals surface area (Å²) in [5, 5.41) is 2.12. The Morgan fingerprint density at radius 1 is 1.35 bits per heavy atom. The van der Waals surface area contributed by atoms with Crippen molar-refractivity contribution in [3.05, 3.63) is 50.1 Å². The minimum absolute atomic E-state index is 0.119. The van der Waals surface area contributed by atoms with E-state index in [9.17, 15) is 0 Å². The van der Waals surface area contributed by atoms with E-state index in [4.69, 9.17) is 10.6 Å². The first-order valence-electron chi connectivity index (χ1n) is 6.54. The maximum atomic E-state index is 5.77. The Hall–Kier alpha value is -0.880. The Labute approximate surface area is 132 Å². The average Bonchev–Trinajstić information content (AvgIpc) is 2.94. The largest absolute Gasteiger partial charge is 0.497 e. The summed E-state index contributed by atoms with van der Waals surface area (Å²) in [7, 11) is 1.68. The maximum absolute atomic E-state index is 5.77. The minimum atomic E-state index is 0.119. The van der Waals surface area contributed by atoms with Gasteiger partial charge in [-0.25, -0.2) is 0 Å². The molecule has 1 atom stereocenters. The van der Waals surface area contributed by atoms with Crippen LogP contribution in [0.3, 0.4) is 0 Å². The van der Waals surface area contributed by atoms with Crippen LogP contribution in [0, 0.1) is 0 Å². The van der Waals surface area contributed by atoms with Gasteiger partial charge < -0.3 is 4.74 Å². The third-order valence-corrected chi connectivity index (χ3v) is 5.20. The summed E-state index contributed by atoms with van der Waals surface area (Å²) in [5.74, 6) is 6.63. The summed E-state index contributed by atoms with van der Waals surface area (Å²) < 4.78 is 6.37. The number of nitrogens with one attached hydrogen (secondary N) is 1. The molecule has 1 aromatic carbocycles. The summed E-state index contributed by atoms with van der Waals surface area (Å²) in [6.07, 6.45) is 1.85. The number of hydrazine groups is 1. The van der Waals surface area contributed by atoms with E-state index in [1.54, 1.807) is 18.4 Å². The van der Waals surface area contributed by atoms with Crippen LogP contribution < -0.4 is 16.0 Å². The van der Waals surface area contributed by atoms with Crippen molar-refractivity contribution in [3.63, 3.8) is 0 Å². The van der Waals surface area contributed by atoms with Crippen LogP contribution in [0.1, 0.15) is 29.0 Å². The zero-order valence-electron chi connectivity index (χ0n) is 11.7. The first-order chi connectivity index (χ1) is 9.69. The number of aryl methyl sites for hydroxylation is 1. The highest BCUT2D eigenvalue weighted by atomic mass is 79.9. The molecular weight excluding hydrogens is 336 g/mol. The Bertz CT molecular complexity index is 571. The van der Waals surface area contributed by atoms with Crippen molar-refractivity contribution in [2.45, 2.75) is 25.8 Å². The molecule has 0 fully saturated rings. The van der Waals surface area contributed by atoms with Gasteiger partial charge in [0, 0.05) is 9.35 Å². The van der Waals surface area contributed by atoms with Crippen LogP contribution in [-0.4, -0.2) is 7.11 Å². The van der Waals surface area contributed by atoms with Crippen molar-refractivity contribution in [1.82, 2.24) is 5.43 Å². The monoisotopic (exact) mass is 354 g/mol. The van der Waals surface area contributed by atoms with Gasteiger partial charge in [-0.1, -0.05) is 22.9 Å². The van der Waals surface area contributed by atoms with Crippen molar-refractivity contribution in [3.8, 4) is 5.75 Å². The van der Waals surface area contributed by atoms with Gasteiger partial charge in [-0.3, -0.25) is 11.3 Å². The van der Waals surface area contributed by atoms with Gasteiger partial charge in [0.05, 0.1) is 13.2 Å². The zero-order valence-corrected chi connectivity index (χ0v) is 14.1. The van der Waals surface area contributed by atoms with Gasteiger partial charge in [0.15, 0.2) is 0 Å². The second kappa shape index (κ2) is 7.22. The molecule has 1 unspecified atom stereocenters. The molecule has 108 valence electrons. The average molecular weight is 355 g/mol. The highest BCUT2D eigenvalue weighted by Crippen LogP contribution is 2.31. The first-order valence-corrected chi connectivity index (χ1v) is 8.21. The van der Waals surface area contributed by atoms with Crippen LogP contribution in [0.15, 0.2) is 34.1 Å². The van der Waals surface area contributed by atoms with Gasteiger partial charge in [0.1, 0.15) is 5.75 Å². The van der Waals surface area contributed by atoms with Gasteiger partial charge in [-0.05, 0) is 53.6 Å². The molecule has 20 heavy (non-hydrogen) atoms. The molecule has 0 spiro atoms. The third kappa shape index (κ3) is 3.41. The van der Waals surface area contributed by atoms with Gasteiger partial charge in [-0.15, -0.1) is 11.3 Å². The fourth-order valence-corrected chi connectivity index (χ4v) is 3.69. The summed E-state index contributed by atoms with van der Waals surface area (Å²) in [6.45, 7) is 2.17. The lowest BCUT2D eigenvalue weighted by molar-refractivity contribution is 0.413. The number of hydrogen-bond acceptors (Lipinski definition) is 4. The van der Waals surface area contributed by atoms with E-state index in [1.807, 2.05) is 18.2 Å². The Morgan fingerprint density at radius 3 is 2.80 bits per heavy atom. The van der Waals surface area contributed by atoms with Gasteiger partial charge >= 0.3 is 0 Å². The third-order valence-electron chi connectivity index (χ3n) is 3.36. The summed E-state index contributed by atoms with van der Waals surface area (Å²) >= 11 is 5.35. The lowest BCUT2D eigenvalue weighted by atomic mass is 10.0. The van der Waals surface area contributed by atoms with Crippen molar-refractivity contribution < 1.29 is 4.74 Å². The minimum Gasteiger partial charge on any atom is -0.497 e. The molecule has 0 aliphatic rings. The number of hydrogen-bond donors (Lipinski definition) is 2. The second-order valence-electron chi connectivity index (χ2n) is 4.54. The summed E-state index contributed by atoms with van der Waals surface area (Å²) in [6, 6.07) is 8.30. The predicted octanol–water partition coefficient (Wildman–Crippen LogP) is 3.83. The van der Waals surface area contributed by atoms with E-state index in [-0.39, 0.29) is 6.04 Å². The fraction of sp³-hybridized carbons (Fsp3) is 0.333. The molecule has 1 aromatic heterocycles. The molecule has 2 rings (SSSR count). The van der Waals surface area contributed by atoms with Crippen LogP contribution in [-0.2, 0) is 12.8 Å². The zero-order chi connectivity index (χ0) is 14.5. The number of nitrogens with two attached hydrogens (primary N) is 1. The molecule has 3 N–H and O–H groups in total. The van der Waals surface area contributed by atoms with E-state index in [0.717, 1.165) is 23.1 Å². The number of thiophene rings is 1. The number of halogens is 1. The highest BCUT2D eigenvalue weighted by Gasteiger charge is 2.17. The number of benzene rings is 1. The number of ether oxygens (including phenoxy) is 1. The van der Waals surface area contributed by atoms with E-state index in [2.05, 4.69) is 39.7 Å². The predicted molar refractivity (Wildman–Crippen MR) is 88.2 cm³/mol. The molecule has 0 radical (unpaired) electrons. The molecule has 0 amide bonds. The van der Waals surface area contributed by atoms with E-state index in [0.29, 0.717) is 0 Å². The summed E-state index contributed by atoms with van der Waals surface area (Å²) in [4.78, 5) is 1.31. The van der Waals surface area contributed by atoms with Crippen LogP contribution in [0.5, 0.6) is 5.75 Å². The van der Waals surface area contributed by atoms with E-state index < -0.39 is 0 Å². The fourth-order valence-electron chi connectivity index (χ4n) is 2.23. The molecule has 1 heterocycles. The quantitative estimate of drug-likeness (QED) is 0.612. The maximum Gasteiger partial charge on any atom is 0.119 e. The van der Waals surface area contributed by atoms with Gasteiger partial charge in [0.2, 0.25) is 0 Å². The lowest BCUT2D eigenvalue weighted by Gasteiger charge is -2.17. The van der Waals surface area contributed by atoms with Crippen LogP contribution >= 0.6 is 27.3 Å². The standard InChI is InChI=1S/C15H19BrN2OS/c1-3-10-6-7-20-15(10)14(18-17)9-11-8-12(19-2)4-5-13(11)16/h4-8,14,18H,3,9,17H2,1-2H3. The molecule has 0 saturated heterocycles. The lowest BCUT2D eigenvalue weighted by Crippen LogP contribution is -2.29. The van der Waals surface area contributed by atoms with E-state index in [1.165, 1.54) is 16.0 Å². The molecular formula is C15H19BrN2OS.